The second-order valence-corrected chi connectivity index (χ2v) is 8.66. The van der Waals surface area contributed by atoms with E-state index >= 15 is 0 Å². The summed E-state index contributed by atoms with van der Waals surface area (Å²) in [7, 11) is 0. The zero-order chi connectivity index (χ0) is 23.9. The maximum atomic E-state index is 12.7. The molecule has 3 aromatic rings. The number of hydrogen-bond donors (Lipinski definition) is 3. The Morgan fingerprint density at radius 1 is 1.00 bits per heavy atom. The van der Waals surface area contributed by atoms with Crippen LogP contribution in [0.25, 0.3) is 11.3 Å². The predicted molar refractivity (Wildman–Crippen MR) is 135 cm³/mol. The molecule has 0 amide bonds. The van der Waals surface area contributed by atoms with E-state index in [4.69, 9.17) is 0 Å². The fourth-order valence-electron chi connectivity index (χ4n) is 4.41. The van der Waals surface area contributed by atoms with E-state index in [1.54, 1.807) is 30.3 Å². The third-order valence-corrected chi connectivity index (χ3v) is 6.32. The molecule has 2 aromatic carbocycles. The van der Waals surface area contributed by atoms with Gasteiger partial charge >= 0.3 is 5.97 Å². The zero-order valence-electron chi connectivity index (χ0n) is 19.5. The summed E-state index contributed by atoms with van der Waals surface area (Å²) in [5.41, 5.74) is 3.80. The van der Waals surface area contributed by atoms with Gasteiger partial charge in [0, 0.05) is 49.7 Å². The van der Waals surface area contributed by atoms with E-state index in [1.807, 2.05) is 24.3 Å². The van der Waals surface area contributed by atoms with Gasteiger partial charge in [-0.2, -0.15) is 0 Å². The van der Waals surface area contributed by atoms with Crippen LogP contribution in [-0.2, 0) is 11.3 Å². The molecule has 1 aliphatic heterocycles. The van der Waals surface area contributed by atoms with Gasteiger partial charge in [-0.05, 0) is 42.3 Å². The first kappa shape index (κ1) is 23.7. The van der Waals surface area contributed by atoms with Crippen LogP contribution in [0.3, 0.4) is 0 Å². The Bertz CT molecular complexity index is 1140. The Hall–Kier alpha value is -3.42. The van der Waals surface area contributed by atoms with E-state index in [0.717, 1.165) is 44.0 Å². The molecule has 1 fully saturated rings. The van der Waals surface area contributed by atoms with Crippen molar-refractivity contribution in [3.8, 4) is 11.3 Å². The van der Waals surface area contributed by atoms with Crippen LogP contribution in [0.5, 0.6) is 0 Å². The van der Waals surface area contributed by atoms with Crippen LogP contribution < -0.4 is 15.8 Å². The van der Waals surface area contributed by atoms with E-state index in [1.165, 1.54) is 12.1 Å². The molecule has 7 heteroatoms. The van der Waals surface area contributed by atoms with Crippen molar-refractivity contribution < 1.29 is 9.90 Å². The minimum atomic E-state index is -0.980. The maximum absolute atomic E-state index is 12.7. The molecule has 1 atom stereocenters. The third kappa shape index (κ3) is 5.73. The van der Waals surface area contributed by atoms with Crippen LogP contribution in [0, 0.1) is 0 Å². The van der Waals surface area contributed by atoms with Crippen LogP contribution in [-0.4, -0.2) is 53.7 Å². The standard InChI is InChI=1S/C27H32N4O3/c1-2-14-30-15-17-31(18-16-30)23-11-8-20(9-12-23)24-13-10-22(26(32)29-24)19-28-25(27(33)34)21-6-4-3-5-7-21/h3-13,25,28H,2,14-19H2,1H3,(H,29,32)(H,33,34)/t25-/m1/s1. The zero-order valence-corrected chi connectivity index (χ0v) is 19.5. The molecular weight excluding hydrogens is 428 g/mol. The van der Waals surface area contributed by atoms with Gasteiger partial charge in [0.15, 0.2) is 0 Å². The highest BCUT2D eigenvalue weighted by Gasteiger charge is 2.19. The first-order valence-electron chi connectivity index (χ1n) is 11.9. The Kier molecular flexibility index (Phi) is 7.77. The first-order valence-corrected chi connectivity index (χ1v) is 11.9. The van der Waals surface area contributed by atoms with E-state index in [2.05, 4.69) is 39.2 Å². The number of H-pyrrole nitrogens is 1. The molecule has 0 bridgehead atoms. The van der Waals surface area contributed by atoms with Gasteiger partial charge in [0.05, 0.1) is 0 Å². The van der Waals surface area contributed by atoms with E-state index in [0.29, 0.717) is 11.1 Å². The normalized spacial score (nSPS) is 15.3. The number of nitrogens with one attached hydrogen (secondary N) is 2. The summed E-state index contributed by atoms with van der Waals surface area (Å²) in [5, 5.41) is 12.5. The van der Waals surface area contributed by atoms with E-state index < -0.39 is 12.0 Å². The number of benzene rings is 2. The predicted octanol–water partition coefficient (Wildman–Crippen LogP) is 3.49. The van der Waals surface area contributed by atoms with Crippen LogP contribution in [0.4, 0.5) is 5.69 Å². The number of rotatable bonds is 9. The molecule has 0 radical (unpaired) electrons. The number of anilines is 1. The molecule has 1 aliphatic rings. The molecule has 0 saturated carbocycles. The van der Waals surface area contributed by atoms with Crippen molar-refractivity contribution in [2.24, 2.45) is 0 Å². The number of piperazine rings is 1. The number of nitrogens with zero attached hydrogens (tertiary/aromatic N) is 2. The summed E-state index contributed by atoms with van der Waals surface area (Å²) in [6, 6.07) is 20.0. The number of carbonyl (C=O) groups is 1. The Balaban J connectivity index is 1.40. The molecule has 0 spiro atoms. The summed E-state index contributed by atoms with van der Waals surface area (Å²) in [6.45, 7) is 7.77. The molecule has 1 aromatic heterocycles. The summed E-state index contributed by atoms with van der Waals surface area (Å²) in [6.07, 6.45) is 1.19. The Morgan fingerprint density at radius 2 is 1.71 bits per heavy atom. The number of hydrogen-bond acceptors (Lipinski definition) is 5. The lowest BCUT2D eigenvalue weighted by Crippen LogP contribution is -2.46. The lowest BCUT2D eigenvalue weighted by atomic mass is 10.1. The number of aromatic amines is 1. The molecule has 3 N–H and O–H groups in total. The van der Waals surface area contributed by atoms with Crippen molar-refractivity contribution in [2.45, 2.75) is 25.9 Å². The first-order chi connectivity index (χ1) is 16.5. The second-order valence-electron chi connectivity index (χ2n) is 8.66. The minimum absolute atomic E-state index is 0.157. The number of aromatic nitrogens is 1. The van der Waals surface area contributed by atoms with Gasteiger partial charge < -0.3 is 15.0 Å². The van der Waals surface area contributed by atoms with Crippen molar-refractivity contribution in [1.29, 1.82) is 0 Å². The molecule has 7 nitrogen and oxygen atoms in total. The minimum Gasteiger partial charge on any atom is -0.480 e. The average molecular weight is 461 g/mol. The number of aliphatic carboxylic acids is 1. The molecule has 178 valence electrons. The third-order valence-electron chi connectivity index (χ3n) is 6.32. The highest BCUT2D eigenvalue weighted by molar-refractivity contribution is 5.75. The van der Waals surface area contributed by atoms with Gasteiger partial charge in [-0.3, -0.25) is 19.8 Å². The van der Waals surface area contributed by atoms with Crippen molar-refractivity contribution in [3.05, 3.63) is 88.2 Å². The molecule has 0 unspecified atom stereocenters. The average Bonchev–Trinajstić information content (AvgIpc) is 2.86. The number of carboxylic acids is 1. The fourth-order valence-corrected chi connectivity index (χ4v) is 4.41. The highest BCUT2D eigenvalue weighted by atomic mass is 16.4. The second kappa shape index (κ2) is 11.1. The lowest BCUT2D eigenvalue weighted by molar-refractivity contribution is -0.139. The molecule has 4 rings (SSSR count). The van der Waals surface area contributed by atoms with Crippen molar-refractivity contribution >= 4 is 11.7 Å². The summed E-state index contributed by atoms with van der Waals surface area (Å²) < 4.78 is 0. The molecule has 0 aliphatic carbocycles. The van der Waals surface area contributed by atoms with Gasteiger partial charge in [-0.15, -0.1) is 0 Å². The van der Waals surface area contributed by atoms with Crippen LogP contribution in [0.1, 0.15) is 30.5 Å². The van der Waals surface area contributed by atoms with Crippen molar-refractivity contribution in [2.75, 3.05) is 37.6 Å². The molecule has 2 heterocycles. The van der Waals surface area contributed by atoms with Crippen LogP contribution in [0.2, 0.25) is 0 Å². The summed E-state index contributed by atoms with van der Waals surface area (Å²) >= 11 is 0. The smallest absolute Gasteiger partial charge is 0.325 e. The van der Waals surface area contributed by atoms with Gasteiger partial charge in [0.2, 0.25) is 0 Å². The highest BCUT2D eigenvalue weighted by Crippen LogP contribution is 2.22. The van der Waals surface area contributed by atoms with Crippen LogP contribution in [0.15, 0.2) is 71.5 Å². The summed E-state index contributed by atoms with van der Waals surface area (Å²) in [4.78, 5) is 32.2. The molecular formula is C27H32N4O3. The van der Waals surface area contributed by atoms with Crippen LogP contribution >= 0.6 is 0 Å². The molecule has 34 heavy (non-hydrogen) atoms. The monoisotopic (exact) mass is 460 g/mol. The Labute approximate surface area is 200 Å². The van der Waals surface area contributed by atoms with Gasteiger partial charge in [-0.1, -0.05) is 55.5 Å². The van der Waals surface area contributed by atoms with Crippen molar-refractivity contribution in [1.82, 2.24) is 15.2 Å². The lowest BCUT2D eigenvalue weighted by Gasteiger charge is -2.36. The molecule has 1 saturated heterocycles. The topological polar surface area (TPSA) is 88.7 Å². The maximum Gasteiger partial charge on any atom is 0.325 e. The SMILES string of the molecule is CCCN1CCN(c2ccc(-c3ccc(CN[C@@H](C(=O)O)c4ccccc4)c(=O)[nH]3)cc2)CC1. The van der Waals surface area contributed by atoms with Gasteiger partial charge in [0.25, 0.3) is 5.56 Å². The summed E-state index contributed by atoms with van der Waals surface area (Å²) in [5.74, 6) is -0.980. The number of pyridine rings is 1. The Morgan fingerprint density at radius 3 is 2.32 bits per heavy atom. The van der Waals surface area contributed by atoms with E-state index in [9.17, 15) is 14.7 Å². The van der Waals surface area contributed by atoms with Crippen molar-refractivity contribution in [3.63, 3.8) is 0 Å². The van der Waals surface area contributed by atoms with Gasteiger partial charge in [0.1, 0.15) is 6.04 Å². The van der Waals surface area contributed by atoms with Gasteiger partial charge in [-0.25, -0.2) is 0 Å². The fraction of sp³-hybridized carbons (Fsp3) is 0.333. The quantitative estimate of drug-likeness (QED) is 0.453. The van der Waals surface area contributed by atoms with E-state index in [-0.39, 0.29) is 12.1 Å². The number of carboxylic acid groups (broad SMARTS) is 1. The largest absolute Gasteiger partial charge is 0.480 e.